The van der Waals surface area contributed by atoms with Crippen molar-refractivity contribution in [2.45, 2.75) is 32.7 Å². The second kappa shape index (κ2) is 3.73. The highest BCUT2D eigenvalue weighted by Crippen LogP contribution is 2.39. The number of benzene rings is 1. The summed E-state index contributed by atoms with van der Waals surface area (Å²) in [5.41, 5.74) is 4.74. The molecule has 88 valence electrons. The molecule has 1 saturated heterocycles. The number of carbonyl (C=O) groups excluding carboxylic acids is 1. The van der Waals surface area contributed by atoms with E-state index in [1.807, 2.05) is 23.1 Å². The van der Waals surface area contributed by atoms with Gasteiger partial charge in [0.15, 0.2) is 0 Å². The molecule has 0 N–H and O–H groups in total. The van der Waals surface area contributed by atoms with E-state index in [4.69, 9.17) is 0 Å². The number of amides is 1. The van der Waals surface area contributed by atoms with Crippen molar-refractivity contribution >= 4 is 11.5 Å². The second-order valence-electron chi connectivity index (χ2n) is 5.12. The van der Waals surface area contributed by atoms with Gasteiger partial charge >= 0.3 is 0 Å². The molecule has 2 aliphatic heterocycles. The highest BCUT2D eigenvalue weighted by molar-refractivity contribution is 6.04. The first-order valence-electron chi connectivity index (χ1n) is 6.28. The summed E-state index contributed by atoms with van der Waals surface area (Å²) in [6.45, 7) is 5.21. The Morgan fingerprint density at radius 1 is 1.24 bits per heavy atom. The monoisotopic (exact) mass is 227 g/mol. The van der Waals surface area contributed by atoms with Gasteiger partial charge < -0.3 is 4.90 Å². The van der Waals surface area contributed by atoms with Gasteiger partial charge in [-0.25, -0.2) is 0 Å². The number of fused-ring (bicyclic) bond motifs is 2. The molecule has 3 rings (SSSR count). The number of hydrogen-bond donors (Lipinski definition) is 0. The standard InChI is InChI=1S/C15H17NO/c1-10(2)14-11-6-3-4-7-12(11)15(17)16-9-5-8-13(14)16/h3-4,6-7,13H,5,8-9H2,1-2H3. The molecule has 17 heavy (non-hydrogen) atoms. The van der Waals surface area contributed by atoms with Gasteiger partial charge in [0.1, 0.15) is 0 Å². The zero-order valence-electron chi connectivity index (χ0n) is 10.4. The lowest BCUT2D eigenvalue weighted by Gasteiger charge is -2.34. The van der Waals surface area contributed by atoms with Crippen molar-refractivity contribution in [3.63, 3.8) is 0 Å². The smallest absolute Gasteiger partial charge is 0.254 e. The molecule has 0 aromatic heterocycles. The van der Waals surface area contributed by atoms with Crippen molar-refractivity contribution in [1.29, 1.82) is 0 Å². The van der Waals surface area contributed by atoms with E-state index < -0.39 is 0 Å². The Morgan fingerprint density at radius 2 is 1.94 bits per heavy atom. The summed E-state index contributed by atoms with van der Waals surface area (Å²) in [6, 6.07) is 8.35. The van der Waals surface area contributed by atoms with Crippen LogP contribution in [0, 0.1) is 0 Å². The Balaban J connectivity index is 2.25. The third-order valence-electron chi connectivity index (χ3n) is 3.83. The molecule has 2 heteroatoms. The van der Waals surface area contributed by atoms with E-state index in [2.05, 4.69) is 19.9 Å². The van der Waals surface area contributed by atoms with Crippen LogP contribution in [0.25, 0.3) is 5.57 Å². The Kier molecular flexibility index (Phi) is 2.32. The van der Waals surface area contributed by atoms with Gasteiger partial charge in [0.05, 0.1) is 6.04 Å². The molecule has 2 heterocycles. The predicted octanol–water partition coefficient (Wildman–Crippen LogP) is 3.10. The van der Waals surface area contributed by atoms with Crippen LogP contribution in [0.5, 0.6) is 0 Å². The summed E-state index contributed by atoms with van der Waals surface area (Å²) in [5, 5.41) is 0. The lowest BCUT2D eigenvalue weighted by Crippen LogP contribution is -2.40. The van der Waals surface area contributed by atoms with E-state index in [0.29, 0.717) is 6.04 Å². The summed E-state index contributed by atoms with van der Waals surface area (Å²) >= 11 is 0. The number of carbonyl (C=O) groups is 1. The Morgan fingerprint density at radius 3 is 2.65 bits per heavy atom. The van der Waals surface area contributed by atoms with Crippen molar-refractivity contribution < 1.29 is 4.79 Å². The summed E-state index contributed by atoms with van der Waals surface area (Å²) in [5.74, 6) is 0.216. The molecule has 0 bridgehead atoms. The molecule has 1 aromatic rings. The van der Waals surface area contributed by atoms with Gasteiger partial charge in [0.25, 0.3) is 5.91 Å². The van der Waals surface area contributed by atoms with Crippen molar-refractivity contribution in [1.82, 2.24) is 4.90 Å². The zero-order valence-corrected chi connectivity index (χ0v) is 10.4. The molecule has 1 fully saturated rings. The van der Waals surface area contributed by atoms with Gasteiger partial charge in [-0.3, -0.25) is 4.79 Å². The van der Waals surface area contributed by atoms with Crippen LogP contribution in [0.1, 0.15) is 42.6 Å². The van der Waals surface area contributed by atoms with E-state index >= 15 is 0 Å². The summed E-state index contributed by atoms with van der Waals surface area (Å²) < 4.78 is 0. The van der Waals surface area contributed by atoms with Crippen LogP contribution in [0.3, 0.4) is 0 Å². The molecular formula is C15H17NO. The average Bonchev–Trinajstić information content (AvgIpc) is 2.78. The molecule has 1 atom stereocenters. The second-order valence-corrected chi connectivity index (χ2v) is 5.12. The van der Waals surface area contributed by atoms with Crippen LogP contribution >= 0.6 is 0 Å². The molecule has 2 nitrogen and oxygen atoms in total. The third-order valence-corrected chi connectivity index (χ3v) is 3.83. The first kappa shape index (κ1) is 10.6. The lowest BCUT2D eigenvalue weighted by atomic mass is 9.86. The van der Waals surface area contributed by atoms with Crippen LogP contribution in [-0.4, -0.2) is 23.4 Å². The van der Waals surface area contributed by atoms with Crippen LogP contribution in [0.15, 0.2) is 29.8 Å². The van der Waals surface area contributed by atoms with E-state index in [1.54, 1.807) is 0 Å². The first-order valence-corrected chi connectivity index (χ1v) is 6.28. The number of nitrogens with zero attached hydrogens (tertiary/aromatic N) is 1. The highest BCUT2D eigenvalue weighted by atomic mass is 16.2. The fraction of sp³-hybridized carbons (Fsp3) is 0.400. The maximum absolute atomic E-state index is 12.4. The summed E-state index contributed by atoms with van der Waals surface area (Å²) in [6.07, 6.45) is 2.24. The summed E-state index contributed by atoms with van der Waals surface area (Å²) in [7, 11) is 0. The molecule has 2 aliphatic rings. The van der Waals surface area contributed by atoms with E-state index in [1.165, 1.54) is 11.1 Å². The van der Waals surface area contributed by atoms with Gasteiger partial charge in [-0.05, 0) is 43.9 Å². The van der Waals surface area contributed by atoms with E-state index in [9.17, 15) is 4.79 Å². The SMILES string of the molecule is CC(C)=C1c2ccccc2C(=O)N2CCCC12. The number of hydrogen-bond acceptors (Lipinski definition) is 1. The minimum atomic E-state index is 0.216. The lowest BCUT2D eigenvalue weighted by molar-refractivity contribution is 0.0756. The van der Waals surface area contributed by atoms with Gasteiger partial charge in [0.2, 0.25) is 0 Å². The van der Waals surface area contributed by atoms with E-state index in [-0.39, 0.29) is 5.91 Å². The van der Waals surface area contributed by atoms with Crippen LogP contribution in [0.4, 0.5) is 0 Å². The maximum Gasteiger partial charge on any atom is 0.254 e. The molecule has 0 saturated carbocycles. The van der Waals surface area contributed by atoms with Crippen LogP contribution in [-0.2, 0) is 0 Å². The normalized spacial score (nSPS) is 22.5. The fourth-order valence-corrected chi connectivity index (χ4v) is 3.15. The molecule has 0 spiro atoms. The molecular weight excluding hydrogens is 210 g/mol. The maximum atomic E-state index is 12.4. The molecule has 1 aromatic carbocycles. The molecule has 1 amide bonds. The van der Waals surface area contributed by atoms with Crippen LogP contribution < -0.4 is 0 Å². The first-order chi connectivity index (χ1) is 8.20. The highest BCUT2D eigenvalue weighted by Gasteiger charge is 2.38. The quantitative estimate of drug-likeness (QED) is 0.667. The van der Waals surface area contributed by atoms with Gasteiger partial charge in [-0.1, -0.05) is 23.8 Å². The molecule has 1 unspecified atom stereocenters. The van der Waals surface area contributed by atoms with Gasteiger partial charge in [0, 0.05) is 12.1 Å². The van der Waals surface area contributed by atoms with Gasteiger partial charge in [-0.15, -0.1) is 0 Å². The largest absolute Gasteiger partial charge is 0.332 e. The van der Waals surface area contributed by atoms with Crippen molar-refractivity contribution in [2.75, 3.05) is 6.54 Å². The van der Waals surface area contributed by atoms with E-state index in [0.717, 1.165) is 30.5 Å². The topological polar surface area (TPSA) is 20.3 Å². The molecule has 0 radical (unpaired) electrons. The molecule has 0 aliphatic carbocycles. The van der Waals surface area contributed by atoms with Crippen LogP contribution in [0.2, 0.25) is 0 Å². The fourth-order valence-electron chi connectivity index (χ4n) is 3.15. The zero-order chi connectivity index (χ0) is 12.0. The Hall–Kier alpha value is -1.57. The van der Waals surface area contributed by atoms with Crippen molar-refractivity contribution in [3.8, 4) is 0 Å². The number of rotatable bonds is 0. The summed E-state index contributed by atoms with van der Waals surface area (Å²) in [4.78, 5) is 14.4. The minimum absolute atomic E-state index is 0.216. The third kappa shape index (κ3) is 1.43. The number of allylic oxidation sites excluding steroid dienone is 1. The van der Waals surface area contributed by atoms with Gasteiger partial charge in [-0.2, -0.15) is 0 Å². The minimum Gasteiger partial charge on any atom is -0.332 e. The average molecular weight is 227 g/mol. The Labute approximate surface area is 102 Å². The predicted molar refractivity (Wildman–Crippen MR) is 68.8 cm³/mol. The van der Waals surface area contributed by atoms with Crippen molar-refractivity contribution in [2.24, 2.45) is 0 Å². The Bertz CT molecular complexity index is 511. The van der Waals surface area contributed by atoms with Crippen molar-refractivity contribution in [3.05, 3.63) is 41.0 Å².